The van der Waals surface area contributed by atoms with E-state index in [1.165, 1.54) is 38.8 Å². The molecule has 0 aliphatic rings. The first-order valence-electron chi connectivity index (χ1n) is 14.5. The summed E-state index contributed by atoms with van der Waals surface area (Å²) in [6.07, 6.45) is 6.36. The summed E-state index contributed by atoms with van der Waals surface area (Å²) < 4.78 is 2.03. The molecule has 7 nitrogen and oxygen atoms in total. The number of imidazole rings is 1. The third kappa shape index (κ3) is 11.7. The Morgan fingerprint density at radius 3 is 1.69 bits per heavy atom. The van der Waals surface area contributed by atoms with Crippen LogP contribution in [0, 0.1) is 13.8 Å². The number of hydrogen-bond acceptors (Lipinski definition) is 6. The number of pyridine rings is 1. The Morgan fingerprint density at radius 1 is 0.667 bits per heavy atom. The van der Waals surface area contributed by atoms with E-state index in [4.69, 9.17) is 11.6 Å². The van der Waals surface area contributed by atoms with Gasteiger partial charge in [0.15, 0.2) is 11.6 Å². The Hall–Kier alpha value is -4.75. The minimum atomic E-state index is -0.0687. The summed E-state index contributed by atoms with van der Waals surface area (Å²) in [5, 5.41) is 1.79. The van der Waals surface area contributed by atoms with Crippen molar-refractivity contribution in [3.8, 4) is 11.4 Å². The number of Topliss-reactive ketones (excluding diaryl/α,β-unsaturated/α-hetero) is 4. The third-order valence-electron chi connectivity index (χ3n) is 6.64. The molecule has 0 unspecified atom stereocenters. The minimum absolute atomic E-state index is 0.0687. The lowest BCUT2D eigenvalue weighted by Crippen LogP contribution is -2.02. The lowest BCUT2D eigenvalue weighted by Gasteiger charge is -2.04. The van der Waals surface area contributed by atoms with Gasteiger partial charge in [-0.2, -0.15) is 0 Å². The second-order valence-electron chi connectivity index (χ2n) is 10.5. The van der Waals surface area contributed by atoms with E-state index in [0.717, 1.165) is 27.3 Å². The van der Waals surface area contributed by atoms with Crippen LogP contribution in [0.25, 0.3) is 22.3 Å². The molecule has 2 heterocycles. The summed E-state index contributed by atoms with van der Waals surface area (Å²) in [5.41, 5.74) is 5.63. The molecule has 234 valence electrons. The average Bonchev–Trinajstić information content (AvgIpc) is 3.44. The largest absolute Gasteiger partial charge is 0.334 e. The van der Waals surface area contributed by atoms with Crippen molar-refractivity contribution >= 4 is 45.6 Å². The number of ketones is 4. The lowest BCUT2D eigenvalue weighted by molar-refractivity contribution is -0.122. The number of hydrogen-bond donors (Lipinski definition) is 0. The number of halogens is 1. The first-order valence-corrected chi connectivity index (χ1v) is 14.8. The molecule has 5 rings (SSSR count). The van der Waals surface area contributed by atoms with Gasteiger partial charge in [-0.3, -0.25) is 14.6 Å². The molecule has 0 saturated heterocycles. The van der Waals surface area contributed by atoms with Gasteiger partial charge in [-0.05, 0) is 70.9 Å². The van der Waals surface area contributed by atoms with Crippen LogP contribution in [0.1, 0.15) is 72.4 Å². The monoisotopic (exact) mass is 625 g/mol. The first-order chi connectivity index (χ1) is 21.3. The SMILES string of the molecule is CC(=O)CCC(C)=O.CC(=O)c1ccccc1C(C)=O.Cc1ccc(Cl)c2cccnc12.Cc1ccccc1-c1nccn1C. The van der Waals surface area contributed by atoms with Crippen molar-refractivity contribution in [3.63, 3.8) is 0 Å². The topological polar surface area (TPSA) is 99.0 Å². The highest BCUT2D eigenvalue weighted by atomic mass is 35.5. The molecule has 0 atom stereocenters. The van der Waals surface area contributed by atoms with Crippen LogP contribution in [0.4, 0.5) is 0 Å². The molecule has 8 heteroatoms. The number of rotatable bonds is 6. The maximum absolute atomic E-state index is 11.0. The van der Waals surface area contributed by atoms with Gasteiger partial charge >= 0.3 is 0 Å². The molecular weight excluding hydrogens is 586 g/mol. The highest BCUT2D eigenvalue weighted by Gasteiger charge is 2.09. The van der Waals surface area contributed by atoms with Gasteiger partial charge in [-0.15, -0.1) is 0 Å². The van der Waals surface area contributed by atoms with Crippen molar-refractivity contribution in [3.05, 3.63) is 119 Å². The number of fused-ring (bicyclic) bond motifs is 1. The van der Waals surface area contributed by atoms with Crippen LogP contribution in [-0.4, -0.2) is 37.7 Å². The van der Waals surface area contributed by atoms with Crippen molar-refractivity contribution < 1.29 is 19.2 Å². The van der Waals surface area contributed by atoms with Crippen LogP contribution in [0.2, 0.25) is 5.02 Å². The summed E-state index contributed by atoms with van der Waals surface area (Å²) in [4.78, 5) is 51.0. The molecule has 0 aliphatic carbocycles. The van der Waals surface area contributed by atoms with Gasteiger partial charge in [0.1, 0.15) is 17.4 Å². The van der Waals surface area contributed by atoms with E-state index < -0.39 is 0 Å². The molecule has 0 spiro atoms. The molecule has 0 radical (unpaired) electrons. The zero-order valence-corrected chi connectivity index (χ0v) is 27.7. The van der Waals surface area contributed by atoms with E-state index in [0.29, 0.717) is 24.0 Å². The Labute approximate surface area is 270 Å². The average molecular weight is 626 g/mol. The van der Waals surface area contributed by atoms with E-state index in [2.05, 4.69) is 29.0 Å². The molecule has 0 amide bonds. The van der Waals surface area contributed by atoms with Crippen LogP contribution in [0.5, 0.6) is 0 Å². The maximum atomic E-state index is 11.0. The zero-order chi connectivity index (χ0) is 33.5. The van der Waals surface area contributed by atoms with Crippen LogP contribution in [-0.2, 0) is 16.6 Å². The van der Waals surface area contributed by atoms with Crippen LogP contribution >= 0.6 is 11.6 Å². The highest BCUT2D eigenvalue weighted by molar-refractivity contribution is 6.35. The summed E-state index contributed by atoms with van der Waals surface area (Å²) in [6, 6.07) is 22.9. The van der Waals surface area contributed by atoms with Crippen LogP contribution in [0.15, 0.2) is 91.4 Å². The molecule has 0 N–H and O–H groups in total. The fourth-order valence-electron chi connectivity index (χ4n) is 4.18. The fraction of sp³-hybridized carbons (Fsp3) is 0.243. The predicted molar refractivity (Wildman–Crippen MR) is 182 cm³/mol. The molecule has 5 aromatic rings. The lowest BCUT2D eigenvalue weighted by atomic mass is 10.0. The van der Waals surface area contributed by atoms with Crippen molar-refractivity contribution in [1.29, 1.82) is 0 Å². The second-order valence-corrected chi connectivity index (χ2v) is 10.9. The van der Waals surface area contributed by atoms with Gasteiger partial charge < -0.3 is 14.2 Å². The second kappa shape index (κ2) is 18.1. The third-order valence-corrected chi connectivity index (χ3v) is 6.97. The number of aryl methyl sites for hydroxylation is 3. The first kappa shape index (κ1) is 36.4. The van der Waals surface area contributed by atoms with Gasteiger partial charge in [0, 0.05) is 65.6 Å². The summed E-state index contributed by atoms with van der Waals surface area (Å²) in [6.45, 7) is 10.0. The van der Waals surface area contributed by atoms with Gasteiger partial charge in [-0.1, -0.05) is 66.2 Å². The summed E-state index contributed by atoms with van der Waals surface area (Å²) in [7, 11) is 2.01. The molecule has 0 bridgehead atoms. The molecular formula is C37H40ClN3O4. The normalized spacial score (nSPS) is 9.87. The van der Waals surface area contributed by atoms with Crippen molar-refractivity contribution in [2.75, 3.05) is 0 Å². The van der Waals surface area contributed by atoms with Crippen molar-refractivity contribution in [2.45, 2.75) is 54.4 Å². The summed E-state index contributed by atoms with van der Waals surface area (Å²) >= 11 is 5.99. The van der Waals surface area contributed by atoms with E-state index in [9.17, 15) is 19.2 Å². The highest BCUT2D eigenvalue weighted by Crippen LogP contribution is 2.24. The molecule has 0 fully saturated rings. The fourth-order valence-corrected chi connectivity index (χ4v) is 4.39. The standard InChI is InChI=1S/C11H12N2.C10H8ClN.C10H10O2.C6H10O2/c1-9-5-3-4-6-10(9)11-12-7-8-13(11)2;1-7-4-5-9(11)8-3-2-6-12-10(7)8;1-7(11)9-5-3-4-6-10(9)8(2)12;1-5(7)3-4-6(2)8/h3-8H,1-2H3;2-6H,1H3;3-6H,1-2H3;3-4H2,1-2H3. The molecule has 0 aliphatic heterocycles. The quantitative estimate of drug-likeness (QED) is 0.175. The van der Waals surface area contributed by atoms with Gasteiger partial charge in [0.05, 0.1) is 5.52 Å². The Morgan fingerprint density at radius 2 is 1.22 bits per heavy atom. The molecule has 45 heavy (non-hydrogen) atoms. The van der Waals surface area contributed by atoms with E-state index >= 15 is 0 Å². The Balaban J connectivity index is 0.000000212. The van der Waals surface area contributed by atoms with E-state index in [1.807, 2.05) is 67.3 Å². The van der Waals surface area contributed by atoms with Crippen molar-refractivity contribution in [2.24, 2.45) is 7.05 Å². The molecule has 0 saturated carbocycles. The zero-order valence-electron chi connectivity index (χ0n) is 26.9. The Kier molecular flexibility index (Phi) is 14.7. The number of carbonyl (C=O) groups excluding carboxylic acids is 4. The van der Waals surface area contributed by atoms with E-state index in [1.54, 1.807) is 30.5 Å². The maximum Gasteiger partial charge on any atom is 0.160 e. The van der Waals surface area contributed by atoms with Gasteiger partial charge in [-0.25, -0.2) is 4.98 Å². The van der Waals surface area contributed by atoms with Gasteiger partial charge in [0.2, 0.25) is 0 Å². The predicted octanol–water partition coefficient (Wildman–Crippen LogP) is 8.63. The van der Waals surface area contributed by atoms with Crippen LogP contribution in [0.3, 0.4) is 0 Å². The number of nitrogens with zero attached hydrogens (tertiary/aromatic N) is 3. The van der Waals surface area contributed by atoms with Gasteiger partial charge in [0.25, 0.3) is 0 Å². The summed E-state index contributed by atoms with van der Waals surface area (Å²) in [5.74, 6) is 1.06. The minimum Gasteiger partial charge on any atom is -0.334 e. The molecule has 2 aromatic heterocycles. The number of benzene rings is 3. The van der Waals surface area contributed by atoms with E-state index in [-0.39, 0.29) is 23.1 Å². The van der Waals surface area contributed by atoms with Crippen LogP contribution < -0.4 is 0 Å². The molecule has 3 aromatic carbocycles. The smallest absolute Gasteiger partial charge is 0.160 e. The van der Waals surface area contributed by atoms with Crippen molar-refractivity contribution in [1.82, 2.24) is 14.5 Å². The number of aromatic nitrogens is 3. The number of carbonyl (C=O) groups is 4. The Bertz CT molecular complexity index is 1690.